The predicted octanol–water partition coefficient (Wildman–Crippen LogP) is 3.43. The highest BCUT2D eigenvalue weighted by Gasteiger charge is 1.81. The highest BCUT2D eigenvalue weighted by molar-refractivity contribution is 5.04. The quantitative estimate of drug-likeness (QED) is 0.460. The lowest BCUT2D eigenvalue weighted by Gasteiger charge is -1.85. The average molecular weight is 147 g/mol. The summed E-state index contributed by atoms with van der Waals surface area (Å²) in [7, 11) is 0. The van der Waals surface area contributed by atoms with Crippen molar-refractivity contribution in [3.8, 4) is 0 Å². The average Bonchev–Trinajstić information content (AvgIpc) is 2.08. The summed E-state index contributed by atoms with van der Waals surface area (Å²) >= 11 is 0. The Morgan fingerprint density at radius 2 is 1.36 bits per heavy atom. The summed E-state index contributed by atoms with van der Waals surface area (Å²) in [6.45, 7) is 0. The van der Waals surface area contributed by atoms with Gasteiger partial charge in [0.05, 0.1) is 0 Å². The van der Waals surface area contributed by atoms with Gasteiger partial charge in [0.1, 0.15) is 0 Å². The van der Waals surface area contributed by atoms with Crippen LogP contribution in [-0.2, 0) is 0 Å². The second-order valence-corrected chi connectivity index (χ2v) is 2.66. The third-order valence-corrected chi connectivity index (χ3v) is 1.65. The summed E-state index contributed by atoms with van der Waals surface area (Å²) in [5.41, 5.74) is 0. The normalized spacial score (nSPS) is 19.6. The van der Waals surface area contributed by atoms with E-state index in [4.69, 9.17) is 0 Å². The minimum atomic E-state index is 1.08. The predicted molar refractivity (Wildman–Crippen MR) is 50.2 cm³/mol. The van der Waals surface area contributed by atoms with Crippen molar-refractivity contribution in [3.63, 3.8) is 0 Å². The van der Waals surface area contributed by atoms with Gasteiger partial charge in [-0.2, -0.15) is 0 Å². The first-order chi connectivity index (χ1) is 5.50. The third-order valence-electron chi connectivity index (χ3n) is 1.65. The van der Waals surface area contributed by atoms with Crippen molar-refractivity contribution in [2.75, 3.05) is 0 Å². The molecule has 0 aromatic heterocycles. The summed E-state index contributed by atoms with van der Waals surface area (Å²) < 4.78 is 0. The van der Waals surface area contributed by atoms with Crippen molar-refractivity contribution in [1.29, 1.82) is 0 Å². The fourth-order valence-corrected chi connectivity index (χ4v) is 1.03. The second-order valence-electron chi connectivity index (χ2n) is 2.66. The van der Waals surface area contributed by atoms with Gasteiger partial charge in [-0.1, -0.05) is 36.5 Å². The van der Waals surface area contributed by atoms with Crippen LogP contribution >= 0.6 is 0 Å². The molecule has 59 valence electrons. The maximum Gasteiger partial charge on any atom is -0.0133 e. The van der Waals surface area contributed by atoms with Gasteiger partial charge in [-0.25, -0.2) is 0 Å². The molecule has 0 N–H and O–H groups in total. The monoisotopic (exact) mass is 147 g/mol. The van der Waals surface area contributed by atoms with Gasteiger partial charge in [-0.15, -0.1) is 0 Å². The van der Waals surface area contributed by atoms with E-state index in [-0.39, 0.29) is 0 Å². The molecule has 0 unspecified atom stereocenters. The molecule has 0 aliphatic heterocycles. The van der Waals surface area contributed by atoms with E-state index in [1.807, 2.05) is 0 Å². The molecule has 11 heavy (non-hydrogen) atoms. The molecule has 0 atom stereocenters. The molecule has 1 aliphatic rings. The fourth-order valence-electron chi connectivity index (χ4n) is 1.03. The van der Waals surface area contributed by atoms with E-state index in [0.717, 1.165) is 12.8 Å². The number of rotatable bonds is 0. The highest BCUT2D eigenvalue weighted by Crippen LogP contribution is 2.00. The maximum absolute atomic E-state index is 2.25. The smallest absolute Gasteiger partial charge is 0.0133 e. The topological polar surface area (TPSA) is 0 Å². The first kappa shape index (κ1) is 8.32. The zero-order valence-electron chi connectivity index (χ0n) is 6.87. The Kier molecular flexibility index (Phi) is 4.51. The molecule has 1 rings (SSSR count). The van der Waals surface area contributed by atoms with Crippen molar-refractivity contribution in [1.82, 2.24) is 0 Å². The molecule has 0 fully saturated rings. The Labute approximate surface area is 69.3 Å². The zero-order valence-corrected chi connectivity index (χ0v) is 6.87. The third kappa shape index (κ3) is 4.60. The molecule has 1 aliphatic carbocycles. The summed E-state index contributed by atoms with van der Waals surface area (Å²) in [5.74, 6) is 0. The molecule has 0 aromatic carbocycles. The van der Waals surface area contributed by atoms with Gasteiger partial charge in [-0.3, -0.25) is 0 Å². The maximum atomic E-state index is 2.25. The van der Waals surface area contributed by atoms with Crippen LogP contribution in [0.5, 0.6) is 0 Å². The summed E-state index contributed by atoms with van der Waals surface area (Å²) in [6.07, 6.45) is 20.0. The van der Waals surface area contributed by atoms with E-state index in [9.17, 15) is 0 Å². The van der Waals surface area contributed by atoms with Crippen LogP contribution in [0.2, 0.25) is 0 Å². The molecule has 0 heteroatoms. The van der Waals surface area contributed by atoms with E-state index in [0.29, 0.717) is 0 Å². The van der Waals surface area contributed by atoms with Crippen LogP contribution < -0.4 is 0 Å². The lowest BCUT2D eigenvalue weighted by atomic mass is 10.2. The lowest BCUT2D eigenvalue weighted by molar-refractivity contribution is 1.04. The molecule has 0 amide bonds. The van der Waals surface area contributed by atoms with Gasteiger partial charge < -0.3 is 0 Å². The van der Waals surface area contributed by atoms with Crippen molar-refractivity contribution in [3.05, 3.63) is 42.9 Å². The summed E-state index contributed by atoms with van der Waals surface area (Å²) in [4.78, 5) is 0. The van der Waals surface area contributed by atoms with Crippen LogP contribution in [0.3, 0.4) is 0 Å². The van der Waals surface area contributed by atoms with E-state index in [1.54, 1.807) is 0 Å². The van der Waals surface area contributed by atoms with Gasteiger partial charge in [0, 0.05) is 0 Å². The van der Waals surface area contributed by atoms with Crippen LogP contribution in [-0.4, -0.2) is 0 Å². The number of hydrogen-bond acceptors (Lipinski definition) is 0. The Morgan fingerprint density at radius 1 is 0.636 bits per heavy atom. The Balaban J connectivity index is 2.34. The molecule has 0 saturated carbocycles. The first-order valence-electron chi connectivity index (χ1n) is 4.28. The lowest BCUT2D eigenvalue weighted by Crippen LogP contribution is -1.66. The highest BCUT2D eigenvalue weighted by atomic mass is 13.9. The molecular weight excluding hydrogens is 132 g/mol. The van der Waals surface area contributed by atoms with Crippen LogP contribution in [0.25, 0.3) is 0 Å². The van der Waals surface area contributed by atoms with Gasteiger partial charge in [0.15, 0.2) is 0 Å². The van der Waals surface area contributed by atoms with E-state index in [2.05, 4.69) is 42.9 Å². The molecule has 0 nitrogen and oxygen atoms in total. The Hall–Kier alpha value is -0.780. The molecule has 0 spiro atoms. The Bertz CT molecular complexity index is 143. The molecular formula is C11H15. The standard InChI is InChI=1S/C11H15/c1-2-4-6-8-10-11-9-7-5-3-1/h1-3,6-9H,4-5,10-11H2. The second kappa shape index (κ2) is 5.96. The molecule has 0 heterocycles. The van der Waals surface area contributed by atoms with Crippen LogP contribution in [0.4, 0.5) is 0 Å². The minimum absolute atomic E-state index is 1.08. The molecule has 1 radical (unpaired) electrons. The molecule has 0 aromatic rings. The van der Waals surface area contributed by atoms with Crippen molar-refractivity contribution in [2.45, 2.75) is 25.7 Å². The molecule has 0 saturated heterocycles. The van der Waals surface area contributed by atoms with Gasteiger partial charge in [0.25, 0.3) is 0 Å². The SMILES string of the molecule is [CH]1C=CCC=CCCC=CC1. The first-order valence-corrected chi connectivity index (χ1v) is 4.28. The van der Waals surface area contributed by atoms with Crippen molar-refractivity contribution >= 4 is 0 Å². The molecule has 0 bridgehead atoms. The zero-order chi connectivity index (χ0) is 7.78. The van der Waals surface area contributed by atoms with E-state index in [1.165, 1.54) is 12.8 Å². The summed E-state index contributed by atoms with van der Waals surface area (Å²) in [5, 5.41) is 0. The van der Waals surface area contributed by atoms with Crippen molar-refractivity contribution < 1.29 is 0 Å². The van der Waals surface area contributed by atoms with Gasteiger partial charge in [-0.05, 0) is 32.1 Å². The van der Waals surface area contributed by atoms with Gasteiger partial charge >= 0.3 is 0 Å². The van der Waals surface area contributed by atoms with Crippen LogP contribution in [0, 0.1) is 6.42 Å². The minimum Gasteiger partial charge on any atom is -0.0882 e. The van der Waals surface area contributed by atoms with Gasteiger partial charge in [0.2, 0.25) is 0 Å². The largest absolute Gasteiger partial charge is 0.0882 e. The van der Waals surface area contributed by atoms with Crippen LogP contribution in [0.1, 0.15) is 25.7 Å². The number of allylic oxidation sites excluding steroid dienone is 6. The Morgan fingerprint density at radius 3 is 2.18 bits per heavy atom. The van der Waals surface area contributed by atoms with E-state index >= 15 is 0 Å². The van der Waals surface area contributed by atoms with Crippen molar-refractivity contribution in [2.24, 2.45) is 0 Å². The number of hydrogen-bond donors (Lipinski definition) is 0. The van der Waals surface area contributed by atoms with Crippen LogP contribution in [0.15, 0.2) is 36.5 Å². The van der Waals surface area contributed by atoms with E-state index < -0.39 is 0 Å². The summed E-state index contributed by atoms with van der Waals surface area (Å²) in [6, 6.07) is 0. The fraction of sp³-hybridized carbons (Fsp3) is 0.364.